The lowest BCUT2D eigenvalue weighted by Gasteiger charge is -2.39. The van der Waals surface area contributed by atoms with Gasteiger partial charge in [-0.25, -0.2) is 4.79 Å². The molecule has 0 radical (unpaired) electrons. The van der Waals surface area contributed by atoms with Gasteiger partial charge in [-0.15, -0.1) is 0 Å². The number of piperazine rings is 1. The fourth-order valence-electron chi connectivity index (χ4n) is 3.58. The van der Waals surface area contributed by atoms with E-state index in [1.54, 1.807) is 24.3 Å². The van der Waals surface area contributed by atoms with Gasteiger partial charge in [-0.2, -0.15) is 5.26 Å². The number of β-amino-alcohol motifs (C(OH)–C–C–N with tert-alkyl or cyclic N) is 1. The minimum atomic E-state index is -0.593. The van der Waals surface area contributed by atoms with E-state index in [-0.39, 0.29) is 12.6 Å². The zero-order chi connectivity index (χ0) is 19.1. The zero-order valence-electron chi connectivity index (χ0n) is 15.7. The van der Waals surface area contributed by atoms with Crippen molar-refractivity contribution in [1.82, 2.24) is 14.7 Å². The van der Waals surface area contributed by atoms with E-state index in [9.17, 15) is 9.90 Å². The van der Waals surface area contributed by atoms with Crippen molar-refractivity contribution >= 4 is 6.03 Å². The lowest BCUT2D eigenvalue weighted by molar-refractivity contribution is 0.0473. The number of nitriles is 1. The summed E-state index contributed by atoms with van der Waals surface area (Å²) in [5.74, 6) is 0.644. The minimum Gasteiger partial charge on any atom is -0.491 e. The molecular formula is C20H28N4O3. The van der Waals surface area contributed by atoms with Gasteiger partial charge >= 0.3 is 6.03 Å². The van der Waals surface area contributed by atoms with Gasteiger partial charge in [-0.3, -0.25) is 4.90 Å². The molecule has 2 aliphatic rings. The maximum absolute atomic E-state index is 12.5. The van der Waals surface area contributed by atoms with E-state index in [1.165, 1.54) is 6.42 Å². The molecule has 0 spiro atoms. The SMILES string of the molecule is N#Cc1ccc(OCC(O)CN2CCN(C(=O)N3CCCCC3)CC2)cc1. The molecule has 0 aliphatic carbocycles. The first-order valence-electron chi connectivity index (χ1n) is 9.73. The van der Waals surface area contributed by atoms with Gasteiger partial charge < -0.3 is 19.6 Å². The minimum absolute atomic E-state index is 0.166. The van der Waals surface area contributed by atoms with Crippen LogP contribution < -0.4 is 4.74 Å². The number of carbonyl (C=O) groups is 1. The summed E-state index contributed by atoms with van der Waals surface area (Å²) in [6, 6.07) is 9.08. The second-order valence-corrected chi connectivity index (χ2v) is 7.22. The molecule has 1 unspecified atom stereocenters. The van der Waals surface area contributed by atoms with Crippen molar-refractivity contribution in [2.45, 2.75) is 25.4 Å². The van der Waals surface area contributed by atoms with Crippen molar-refractivity contribution in [3.05, 3.63) is 29.8 Å². The van der Waals surface area contributed by atoms with Gasteiger partial charge in [0, 0.05) is 45.8 Å². The summed E-state index contributed by atoms with van der Waals surface area (Å²) in [4.78, 5) is 18.6. The van der Waals surface area contributed by atoms with Crippen LogP contribution in [0.15, 0.2) is 24.3 Å². The largest absolute Gasteiger partial charge is 0.491 e. The van der Waals surface area contributed by atoms with Crippen LogP contribution in [-0.4, -0.2) is 84.4 Å². The second kappa shape index (κ2) is 9.58. The Morgan fingerprint density at radius 2 is 1.67 bits per heavy atom. The first-order valence-corrected chi connectivity index (χ1v) is 9.73. The number of nitrogens with zero attached hydrogens (tertiary/aromatic N) is 4. The van der Waals surface area contributed by atoms with E-state index >= 15 is 0 Å². The third-order valence-corrected chi connectivity index (χ3v) is 5.16. The van der Waals surface area contributed by atoms with E-state index in [1.807, 2.05) is 9.80 Å². The molecule has 1 N–H and O–H groups in total. The number of ether oxygens (including phenoxy) is 1. The van der Waals surface area contributed by atoms with Crippen molar-refractivity contribution in [3.8, 4) is 11.8 Å². The highest BCUT2D eigenvalue weighted by atomic mass is 16.5. The fraction of sp³-hybridized carbons (Fsp3) is 0.600. The Kier molecular flexibility index (Phi) is 6.91. The van der Waals surface area contributed by atoms with Crippen LogP contribution in [-0.2, 0) is 0 Å². The molecule has 2 amide bonds. The number of aliphatic hydroxyl groups is 1. The monoisotopic (exact) mass is 372 g/mol. The van der Waals surface area contributed by atoms with Crippen molar-refractivity contribution in [2.24, 2.45) is 0 Å². The van der Waals surface area contributed by atoms with Gasteiger partial charge in [0.25, 0.3) is 0 Å². The molecule has 3 rings (SSSR count). The van der Waals surface area contributed by atoms with Crippen LogP contribution in [0.2, 0.25) is 0 Å². The standard InChI is InChI=1S/C20H28N4O3/c21-14-17-4-6-19(7-5-17)27-16-18(25)15-22-10-12-24(13-11-22)20(26)23-8-2-1-3-9-23/h4-7,18,25H,1-3,8-13,15-16H2. The number of piperidine rings is 1. The lowest BCUT2D eigenvalue weighted by atomic mass is 10.1. The highest BCUT2D eigenvalue weighted by molar-refractivity contribution is 5.74. The van der Waals surface area contributed by atoms with E-state index in [0.29, 0.717) is 30.9 Å². The molecule has 2 saturated heterocycles. The summed E-state index contributed by atoms with van der Waals surface area (Å²) in [5, 5.41) is 19.0. The van der Waals surface area contributed by atoms with Crippen molar-refractivity contribution in [3.63, 3.8) is 0 Å². The molecule has 0 aromatic heterocycles. The summed E-state index contributed by atoms with van der Waals surface area (Å²) < 4.78 is 5.59. The predicted molar refractivity (Wildman–Crippen MR) is 101 cm³/mol. The normalized spacial score (nSPS) is 19.4. The first-order chi connectivity index (χ1) is 13.2. The van der Waals surface area contributed by atoms with Gasteiger partial charge in [-0.05, 0) is 43.5 Å². The lowest BCUT2D eigenvalue weighted by Crippen LogP contribution is -2.54. The number of amides is 2. The Morgan fingerprint density at radius 3 is 2.30 bits per heavy atom. The number of aliphatic hydroxyl groups excluding tert-OH is 1. The molecule has 7 nitrogen and oxygen atoms in total. The quantitative estimate of drug-likeness (QED) is 0.848. The van der Waals surface area contributed by atoms with E-state index < -0.39 is 6.10 Å². The number of benzene rings is 1. The highest BCUT2D eigenvalue weighted by Crippen LogP contribution is 2.14. The fourth-order valence-corrected chi connectivity index (χ4v) is 3.58. The zero-order valence-corrected chi connectivity index (χ0v) is 15.7. The van der Waals surface area contributed by atoms with Crippen LogP contribution in [0.1, 0.15) is 24.8 Å². The Morgan fingerprint density at radius 1 is 1.04 bits per heavy atom. The predicted octanol–water partition coefficient (Wildman–Crippen LogP) is 1.52. The van der Waals surface area contributed by atoms with Gasteiger partial charge in [-0.1, -0.05) is 0 Å². The Bertz CT molecular complexity index is 644. The summed E-state index contributed by atoms with van der Waals surface area (Å²) >= 11 is 0. The third-order valence-electron chi connectivity index (χ3n) is 5.16. The number of hydrogen-bond acceptors (Lipinski definition) is 5. The molecule has 2 aliphatic heterocycles. The molecule has 2 heterocycles. The summed E-state index contributed by atoms with van der Waals surface area (Å²) in [7, 11) is 0. The van der Waals surface area contributed by atoms with Crippen LogP contribution in [0.5, 0.6) is 5.75 Å². The van der Waals surface area contributed by atoms with E-state index in [2.05, 4.69) is 11.0 Å². The van der Waals surface area contributed by atoms with Crippen LogP contribution in [0, 0.1) is 11.3 Å². The van der Waals surface area contributed by atoms with Gasteiger partial charge in [0.1, 0.15) is 18.5 Å². The number of likely N-dealkylation sites (tertiary alicyclic amines) is 1. The molecular weight excluding hydrogens is 344 g/mol. The van der Waals surface area contributed by atoms with Crippen molar-refractivity contribution in [2.75, 3.05) is 52.4 Å². The van der Waals surface area contributed by atoms with Crippen LogP contribution >= 0.6 is 0 Å². The topological polar surface area (TPSA) is 80.0 Å². The molecule has 146 valence electrons. The van der Waals surface area contributed by atoms with E-state index in [4.69, 9.17) is 10.00 Å². The number of hydrogen-bond donors (Lipinski definition) is 1. The molecule has 1 aromatic carbocycles. The second-order valence-electron chi connectivity index (χ2n) is 7.22. The molecule has 1 atom stereocenters. The average molecular weight is 372 g/mol. The Labute approximate surface area is 160 Å². The molecule has 27 heavy (non-hydrogen) atoms. The number of urea groups is 1. The molecule has 0 bridgehead atoms. The Hall–Kier alpha value is -2.30. The number of rotatable bonds is 5. The summed E-state index contributed by atoms with van der Waals surface area (Å²) in [5.41, 5.74) is 0.583. The van der Waals surface area contributed by atoms with Crippen molar-refractivity contribution < 1.29 is 14.6 Å². The summed E-state index contributed by atoms with van der Waals surface area (Å²) in [6.07, 6.45) is 2.85. The number of carbonyl (C=O) groups excluding carboxylic acids is 1. The smallest absolute Gasteiger partial charge is 0.320 e. The average Bonchev–Trinajstić information content (AvgIpc) is 2.73. The summed E-state index contributed by atoms with van der Waals surface area (Å²) in [6.45, 7) is 5.45. The van der Waals surface area contributed by atoms with Crippen LogP contribution in [0.3, 0.4) is 0 Å². The Balaban J connectivity index is 1.36. The van der Waals surface area contributed by atoms with Crippen molar-refractivity contribution in [1.29, 1.82) is 5.26 Å². The first kappa shape index (κ1) is 19.5. The maximum Gasteiger partial charge on any atom is 0.320 e. The molecule has 0 saturated carbocycles. The van der Waals surface area contributed by atoms with Crippen LogP contribution in [0.4, 0.5) is 4.79 Å². The molecule has 1 aromatic rings. The van der Waals surface area contributed by atoms with Crippen LogP contribution in [0.25, 0.3) is 0 Å². The van der Waals surface area contributed by atoms with Gasteiger partial charge in [0.2, 0.25) is 0 Å². The highest BCUT2D eigenvalue weighted by Gasteiger charge is 2.26. The van der Waals surface area contributed by atoms with Gasteiger partial charge in [0.15, 0.2) is 0 Å². The van der Waals surface area contributed by atoms with Gasteiger partial charge in [0.05, 0.1) is 11.6 Å². The maximum atomic E-state index is 12.5. The molecule has 7 heteroatoms. The van der Waals surface area contributed by atoms with E-state index in [0.717, 1.165) is 39.0 Å². The molecule has 2 fully saturated rings. The third kappa shape index (κ3) is 5.59.